The van der Waals surface area contributed by atoms with Gasteiger partial charge in [0, 0.05) is 36.9 Å². The van der Waals surface area contributed by atoms with E-state index in [1.807, 2.05) is 42.1 Å². The highest BCUT2D eigenvalue weighted by atomic mass is 32.3. The zero-order valence-electron chi connectivity index (χ0n) is 26.7. The van der Waals surface area contributed by atoms with Gasteiger partial charge in [-0.25, -0.2) is 22.8 Å². The number of anilines is 2. The predicted molar refractivity (Wildman–Crippen MR) is 174 cm³/mol. The summed E-state index contributed by atoms with van der Waals surface area (Å²) >= 11 is 0.985. The molecule has 262 valence electrons. The first-order valence-corrected chi connectivity index (χ1v) is 17.2. The van der Waals surface area contributed by atoms with Crippen LogP contribution in [-0.4, -0.2) is 89.4 Å². The number of rotatable bonds is 16. The first-order chi connectivity index (χ1) is 23.1. The maximum absolute atomic E-state index is 13.3. The average Bonchev–Trinajstić information content (AvgIpc) is 3.45. The number of carboxylic acid groups (broad SMARTS) is 1. The van der Waals surface area contributed by atoms with E-state index in [0.29, 0.717) is 16.7 Å². The van der Waals surface area contributed by atoms with E-state index in [-0.39, 0.29) is 10.8 Å². The molecular formula is C30H35N7O10S2. The van der Waals surface area contributed by atoms with Crippen LogP contribution in [0, 0.1) is 11.8 Å². The van der Waals surface area contributed by atoms with Crippen LogP contribution in [0.1, 0.15) is 26.0 Å². The number of hydroxylamine groups is 2. The Balaban J connectivity index is 1.24. The molecule has 1 aromatic carbocycles. The summed E-state index contributed by atoms with van der Waals surface area (Å²) in [7, 11) is -3.28. The van der Waals surface area contributed by atoms with Crippen molar-refractivity contribution in [1.29, 1.82) is 0 Å². The van der Waals surface area contributed by atoms with Gasteiger partial charge in [-0.05, 0) is 43.2 Å². The number of Topliss-reactive ketones (excluding diaryl/α,β-unsaturated/α-hetero) is 1. The van der Waals surface area contributed by atoms with Crippen molar-refractivity contribution in [2.24, 2.45) is 24.0 Å². The van der Waals surface area contributed by atoms with Crippen LogP contribution in [0.3, 0.4) is 0 Å². The van der Waals surface area contributed by atoms with Crippen molar-refractivity contribution in [3.05, 3.63) is 53.7 Å². The van der Waals surface area contributed by atoms with Gasteiger partial charge in [-0.15, -0.1) is 11.3 Å². The largest absolute Gasteiger partial charge is 0.724 e. The number of benzene rings is 1. The number of β-lactam (4-membered cyclic amide) rings is 1. The number of nitrogens with one attached hydrogen (secondary N) is 2. The zero-order chi connectivity index (χ0) is 35.5. The minimum atomic E-state index is -5.24. The Morgan fingerprint density at radius 2 is 1.98 bits per heavy atom. The van der Waals surface area contributed by atoms with Gasteiger partial charge < -0.3 is 30.3 Å². The summed E-state index contributed by atoms with van der Waals surface area (Å²) in [6.45, 7) is 5.19. The number of hydrogen-bond acceptors (Lipinski definition) is 15. The van der Waals surface area contributed by atoms with Crippen molar-refractivity contribution in [2.75, 3.05) is 37.3 Å². The van der Waals surface area contributed by atoms with Gasteiger partial charge >= 0.3 is 5.97 Å². The van der Waals surface area contributed by atoms with Gasteiger partial charge in [0.2, 0.25) is 10.4 Å². The minimum Gasteiger partial charge on any atom is -0.724 e. The summed E-state index contributed by atoms with van der Waals surface area (Å²) in [5, 5.41) is 22.2. The summed E-state index contributed by atoms with van der Waals surface area (Å²) in [5.41, 5.74) is 5.82. The SMILES string of the molecule is C[n+]1ccc(-c2ccc(OCC(O/N=C(\C(=O)C[C@@H]3C(=O)N(OS(=O)(=O)[O-])C3(C)C)c3csc(N)n3)C(=O)O)cc2)cc1NCC1CNC1. The smallest absolute Gasteiger partial charge is 0.351 e. The molecule has 2 atom stereocenters. The maximum atomic E-state index is 13.3. The van der Waals surface area contributed by atoms with Gasteiger partial charge in [0.05, 0.1) is 31.2 Å². The molecule has 17 nitrogen and oxygen atoms in total. The molecule has 1 unspecified atom stereocenters. The van der Waals surface area contributed by atoms with Gasteiger partial charge in [0.15, 0.2) is 16.6 Å². The normalized spacial score (nSPS) is 18.3. The van der Waals surface area contributed by atoms with Crippen molar-refractivity contribution >= 4 is 56.1 Å². The number of aliphatic carboxylic acids is 1. The van der Waals surface area contributed by atoms with Gasteiger partial charge in [-0.1, -0.05) is 17.3 Å². The quantitative estimate of drug-likeness (QED) is 0.0398. The molecule has 1 amide bonds. The van der Waals surface area contributed by atoms with Crippen LogP contribution < -0.4 is 25.7 Å². The molecule has 0 radical (unpaired) electrons. The Kier molecular flexibility index (Phi) is 10.5. The second-order valence-electron chi connectivity index (χ2n) is 12.0. The Morgan fingerprint density at radius 3 is 2.55 bits per heavy atom. The highest BCUT2D eigenvalue weighted by Crippen LogP contribution is 2.40. The van der Waals surface area contributed by atoms with Crippen LogP contribution >= 0.6 is 11.3 Å². The number of carbonyl (C=O) groups is 3. The second kappa shape index (κ2) is 14.4. The Bertz CT molecular complexity index is 1860. The van der Waals surface area contributed by atoms with E-state index in [0.717, 1.165) is 47.9 Å². The molecule has 2 saturated heterocycles. The van der Waals surface area contributed by atoms with Crippen LogP contribution in [0.15, 0.2) is 53.1 Å². The third-order valence-corrected chi connectivity index (χ3v) is 9.19. The van der Waals surface area contributed by atoms with E-state index < -0.39 is 64.4 Å². The third-order valence-electron chi connectivity index (χ3n) is 8.18. The van der Waals surface area contributed by atoms with Crippen molar-refractivity contribution in [3.8, 4) is 16.9 Å². The molecule has 49 heavy (non-hydrogen) atoms. The third kappa shape index (κ3) is 8.49. The zero-order valence-corrected chi connectivity index (χ0v) is 28.3. The van der Waals surface area contributed by atoms with Crippen molar-refractivity contribution in [1.82, 2.24) is 15.4 Å². The number of hydrogen-bond donors (Lipinski definition) is 4. The predicted octanol–water partition coefficient (Wildman–Crippen LogP) is 0.689. The molecule has 3 aromatic rings. The highest BCUT2D eigenvalue weighted by Gasteiger charge is 2.57. The molecule has 5 N–H and O–H groups in total. The maximum Gasteiger partial charge on any atom is 0.351 e. The number of aromatic nitrogens is 2. The fourth-order valence-corrected chi connectivity index (χ4v) is 6.12. The van der Waals surface area contributed by atoms with Crippen molar-refractivity contribution in [2.45, 2.75) is 31.9 Å². The lowest BCUT2D eigenvalue weighted by Crippen LogP contribution is -2.68. The molecule has 5 rings (SSSR count). The number of amides is 1. The molecule has 4 heterocycles. The van der Waals surface area contributed by atoms with Crippen molar-refractivity contribution < 1.29 is 50.9 Å². The number of oxime groups is 1. The lowest BCUT2D eigenvalue weighted by Gasteiger charge is -2.51. The molecule has 2 aliphatic heterocycles. The van der Waals surface area contributed by atoms with E-state index >= 15 is 0 Å². The standard InChI is InChI=1S/C30H35N7O10S2/c1-30(2)21(27(39)37(30)47-49(42,43)44)11-23(38)26(22-16-48-29(31)34-22)35-46-24(28(40)41)15-45-20-6-4-18(5-7-20)19-8-9-36(3)25(10-19)33-14-17-12-32-13-17/h4-10,16-17,21,24,32H,11-15H2,1-3H3,(H4,31,34,40,41,42,43,44)/b35-26-/t21-,24?/m1/s1. The van der Waals surface area contributed by atoms with E-state index in [9.17, 15) is 32.5 Å². The average molecular weight is 718 g/mol. The number of carboxylic acids is 1. The summed E-state index contributed by atoms with van der Waals surface area (Å²) in [5.74, 6) is -2.30. The molecular weight excluding hydrogens is 683 g/mol. The van der Waals surface area contributed by atoms with Gasteiger partial charge in [0.25, 0.3) is 17.8 Å². The monoisotopic (exact) mass is 717 g/mol. The molecule has 0 spiro atoms. The van der Waals surface area contributed by atoms with Gasteiger partial charge in [-0.3, -0.25) is 14.9 Å². The molecule has 2 fully saturated rings. The topological polar surface area (TPSA) is 239 Å². The summed E-state index contributed by atoms with van der Waals surface area (Å²) in [6, 6.07) is 11.1. The van der Waals surface area contributed by atoms with E-state index in [1.165, 1.54) is 19.2 Å². The fraction of sp³-hybridized carbons (Fsp3) is 0.400. The van der Waals surface area contributed by atoms with Crippen LogP contribution in [0.2, 0.25) is 0 Å². The number of carbonyl (C=O) groups excluding carboxylic acids is 2. The number of nitrogens with zero attached hydrogens (tertiary/aromatic N) is 4. The Morgan fingerprint density at radius 1 is 1.27 bits per heavy atom. The molecule has 19 heteroatoms. The first-order valence-electron chi connectivity index (χ1n) is 15.0. The summed E-state index contributed by atoms with van der Waals surface area (Å²) in [6.07, 6.45) is -0.203. The Hall–Kier alpha value is -4.69. The molecule has 0 aliphatic carbocycles. The number of thiazole rings is 1. The molecule has 2 aliphatic rings. The van der Waals surface area contributed by atoms with Crippen molar-refractivity contribution in [3.63, 3.8) is 0 Å². The number of nitrogens with two attached hydrogens (primary N) is 1. The lowest BCUT2D eigenvalue weighted by atomic mass is 9.74. The van der Waals surface area contributed by atoms with Crippen LogP contribution in [0.4, 0.5) is 10.9 Å². The number of aryl methyl sites for hydroxylation is 1. The summed E-state index contributed by atoms with van der Waals surface area (Å²) < 4.78 is 45.0. The fourth-order valence-electron chi connectivity index (χ4n) is 5.13. The van der Waals surface area contributed by atoms with Gasteiger partial charge in [0.1, 0.15) is 18.1 Å². The number of ketones is 1. The molecule has 0 bridgehead atoms. The van der Waals surface area contributed by atoms with E-state index in [1.54, 1.807) is 12.1 Å². The highest BCUT2D eigenvalue weighted by molar-refractivity contribution is 7.80. The number of pyridine rings is 1. The number of nitrogen functional groups attached to an aromatic ring is 1. The van der Waals surface area contributed by atoms with Crippen LogP contribution in [0.25, 0.3) is 11.1 Å². The van der Waals surface area contributed by atoms with E-state index in [2.05, 4.69) is 25.1 Å². The first kappa shape index (κ1) is 35.6. The lowest BCUT2D eigenvalue weighted by molar-refractivity contribution is -0.657. The van der Waals surface area contributed by atoms with Crippen LogP contribution in [0.5, 0.6) is 5.75 Å². The minimum absolute atomic E-state index is 0.0270. The van der Waals surface area contributed by atoms with Crippen LogP contribution in [-0.2, 0) is 41.0 Å². The second-order valence-corrected chi connectivity index (χ2v) is 13.9. The number of ether oxygens (including phenoxy) is 1. The molecule has 0 saturated carbocycles. The van der Waals surface area contributed by atoms with Gasteiger partial charge in [-0.2, -0.15) is 9.35 Å². The summed E-state index contributed by atoms with van der Waals surface area (Å²) in [4.78, 5) is 47.2. The molecule has 2 aromatic heterocycles. The Labute approximate surface area is 285 Å². The van der Waals surface area contributed by atoms with E-state index in [4.69, 9.17) is 15.3 Å².